The number of anilines is 1. The number of hydrogen-bond donors (Lipinski definition) is 1. The smallest absolute Gasteiger partial charge is 0.0561 e. The molecule has 18 heavy (non-hydrogen) atoms. The van der Waals surface area contributed by atoms with Crippen molar-refractivity contribution in [3.63, 3.8) is 0 Å². The molecule has 2 aromatic rings. The average molecular weight is 305 g/mol. The quantitative estimate of drug-likeness (QED) is 0.884. The number of aryl methyl sites for hydroxylation is 1. The number of aromatic nitrogens is 1. The number of nitrogens with one attached hydrogen (secondary N) is 1. The highest BCUT2D eigenvalue weighted by Gasteiger charge is 2.10. The maximum atomic E-state index is 4.17. The average Bonchev–Trinajstić information content (AvgIpc) is 2.39. The molecule has 1 N–H and O–H groups in total. The first kappa shape index (κ1) is 13.1. The zero-order valence-corrected chi connectivity index (χ0v) is 12.2. The van der Waals surface area contributed by atoms with Crippen LogP contribution in [0.4, 0.5) is 5.69 Å². The monoisotopic (exact) mass is 304 g/mol. The fourth-order valence-electron chi connectivity index (χ4n) is 1.92. The van der Waals surface area contributed by atoms with Gasteiger partial charge in [0.1, 0.15) is 0 Å². The molecule has 1 heterocycles. The Hall–Kier alpha value is -1.35. The first-order valence-corrected chi connectivity index (χ1v) is 6.92. The predicted molar refractivity (Wildman–Crippen MR) is 79.8 cm³/mol. The van der Waals surface area contributed by atoms with Crippen molar-refractivity contribution >= 4 is 21.6 Å². The minimum Gasteiger partial charge on any atom is -0.377 e. The van der Waals surface area contributed by atoms with Gasteiger partial charge in [-0.25, -0.2) is 0 Å². The summed E-state index contributed by atoms with van der Waals surface area (Å²) in [7, 11) is 0. The summed E-state index contributed by atoms with van der Waals surface area (Å²) >= 11 is 3.46. The molecule has 0 bridgehead atoms. The summed E-state index contributed by atoms with van der Waals surface area (Å²) < 4.78 is 1.11. The van der Waals surface area contributed by atoms with Gasteiger partial charge < -0.3 is 5.32 Å². The van der Waals surface area contributed by atoms with Gasteiger partial charge in [0, 0.05) is 10.7 Å². The number of hydrogen-bond acceptors (Lipinski definition) is 2. The first-order chi connectivity index (χ1) is 8.70. The van der Waals surface area contributed by atoms with Crippen LogP contribution in [0.25, 0.3) is 0 Å². The number of benzene rings is 1. The van der Waals surface area contributed by atoms with Crippen LogP contribution in [0.5, 0.6) is 0 Å². The van der Waals surface area contributed by atoms with Gasteiger partial charge in [-0.2, -0.15) is 0 Å². The molecule has 0 aliphatic heterocycles. The van der Waals surface area contributed by atoms with Crippen molar-refractivity contribution in [3.05, 3.63) is 58.3 Å². The summed E-state index contributed by atoms with van der Waals surface area (Å²) in [6, 6.07) is 10.8. The van der Waals surface area contributed by atoms with E-state index in [4.69, 9.17) is 0 Å². The lowest BCUT2D eigenvalue weighted by molar-refractivity contribution is 0.747. The van der Waals surface area contributed by atoms with E-state index in [1.807, 2.05) is 18.5 Å². The fraction of sp³-hybridized carbons (Fsp3) is 0.267. The van der Waals surface area contributed by atoms with Gasteiger partial charge in [-0.05, 0) is 42.7 Å². The lowest BCUT2D eigenvalue weighted by Crippen LogP contribution is -2.10. The Morgan fingerprint density at radius 3 is 2.56 bits per heavy atom. The summed E-state index contributed by atoms with van der Waals surface area (Å²) in [6.07, 6.45) is 4.74. The molecule has 1 aromatic carbocycles. The van der Waals surface area contributed by atoms with Gasteiger partial charge in [-0.1, -0.05) is 35.0 Å². The van der Waals surface area contributed by atoms with Crippen LogP contribution in [0, 0.1) is 6.92 Å². The van der Waals surface area contributed by atoms with Crippen LogP contribution >= 0.6 is 15.9 Å². The van der Waals surface area contributed by atoms with Crippen LogP contribution in [0.2, 0.25) is 0 Å². The van der Waals surface area contributed by atoms with E-state index in [1.54, 1.807) is 0 Å². The van der Waals surface area contributed by atoms with Crippen LogP contribution in [0.15, 0.2) is 47.2 Å². The van der Waals surface area contributed by atoms with Gasteiger partial charge in [-0.15, -0.1) is 0 Å². The molecule has 0 saturated carbocycles. The maximum Gasteiger partial charge on any atom is 0.0561 e. The Morgan fingerprint density at radius 2 is 1.94 bits per heavy atom. The van der Waals surface area contributed by atoms with Gasteiger partial charge in [0.2, 0.25) is 0 Å². The van der Waals surface area contributed by atoms with Crippen molar-refractivity contribution in [1.82, 2.24) is 4.98 Å². The largest absolute Gasteiger partial charge is 0.377 e. The van der Waals surface area contributed by atoms with Crippen molar-refractivity contribution in [2.75, 3.05) is 5.32 Å². The molecule has 1 aromatic heterocycles. The number of rotatable bonds is 4. The third kappa shape index (κ3) is 3.10. The molecule has 3 heteroatoms. The van der Waals surface area contributed by atoms with Gasteiger partial charge in [-0.3, -0.25) is 4.98 Å². The molecule has 0 radical (unpaired) electrons. The highest BCUT2D eigenvalue weighted by atomic mass is 79.9. The summed E-state index contributed by atoms with van der Waals surface area (Å²) in [5.74, 6) is 0. The van der Waals surface area contributed by atoms with Gasteiger partial charge in [0.25, 0.3) is 0 Å². The Labute approximate surface area is 117 Å². The van der Waals surface area contributed by atoms with Crippen LogP contribution in [-0.2, 0) is 0 Å². The van der Waals surface area contributed by atoms with Crippen LogP contribution < -0.4 is 5.32 Å². The van der Waals surface area contributed by atoms with Gasteiger partial charge in [0.05, 0.1) is 17.9 Å². The Balaban J connectivity index is 2.20. The summed E-state index contributed by atoms with van der Waals surface area (Å²) in [5.41, 5.74) is 3.62. The molecule has 0 aliphatic carbocycles. The molecule has 2 rings (SSSR count). The molecule has 1 unspecified atom stereocenters. The van der Waals surface area contributed by atoms with E-state index < -0.39 is 0 Å². The Kier molecular flexibility index (Phi) is 4.37. The zero-order valence-electron chi connectivity index (χ0n) is 10.7. The highest BCUT2D eigenvalue weighted by Crippen LogP contribution is 2.25. The number of nitrogens with zero attached hydrogens (tertiary/aromatic N) is 1. The van der Waals surface area contributed by atoms with E-state index in [-0.39, 0.29) is 0 Å². The second kappa shape index (κ2) is 6.01. The molecule has 0 fully saturated rings. The van der Waals surface area contributed by atoms with Crippen LogP contribution in [-0.4, -0.2) is 4.98 Å². The van der Waals surface area contributed by atoms with E-state index in [2.05, 4.69) is 64.3 Å². The zero-order chi connectivity index (χ0) is 13.0. The molecule has 94 valence electrons. The van der Waals surface area contributed by atoms with Crippen molar-refractivity contribution < 1.29 is 0 Å². The van der Waals surface area contributed by atoms with E-state index in [0.717, 1.165) is 16.6 Å². The Bertz CT molecular complexity index is 508. The van der Waals surface area contributed by atoms with E-state index >= 15 is 0 Å². The van der Waals surface area contributed by atoms with Crippen molar-refractivity contribution in [2.24, 2.45) is 0 Å². The van der Waals surface area contributed by atoms with Gasteiger partial charge in [0.15, 0.2) is 0 Å². The number of pyridine rings is 1. The third-order valence-corrected chi connectivity index (χ3v) is 3.58. The predicted octanol–water partition coefficient (Wildman–Crippen LogP) is 4.72. The topological polar surface area (TPSA) is 24.9 Å². The lowest BCUT2D eigenvalue weighted by atomic mass is 10.0. The SMILES string of the molecule is CCC(Nc1cnccc1C)c1ccc(Br)cc1. The van der Waals surface area contributed by atoms with Crippen molar-refractivity contribution in [2.45, 2.75) is 26.3 Å². The highest BCUT2D eigenvalue weighted by molar-refractivity contribution is 9.10. The Morgan fingerprint density at radius 1 is 1.22 bits per heavy atom. The van der Waals surface area contributed by atoms with E-state index in [1.165, 1.54) is 11.1 Å². The summed E-state index contributed by atoms with van der Waals surface area (Å²) in [4.78, 5) is 4.17. The lowest BCUT2D eigenvalue weighted by Gasteiger charge is -2.20. The van der Waals surface area contributed by atoms with Crippen molar-refractivity contribution in [3.8, 4) is 0 Å². The molecular weight excluding hydrogens is 288 g/mol. The summed E-state index contributed by atoms with van der Waals surface area (Å²) in [5, 5.41) is 3.55. The molecule has 0 spiro atoms. The molecular formula is C15H17BrN2. The van der Waals surface area contributed by atoms with Crippen molar-refractivity contribution in [1.29, 1.82) is 0 Å². The maximum absolute atomic E-state index is 4.17. The van der Waals surface area contributed by atoms with Crippen LogP contribution in [0.3, 0.4) is 0 Å². The van der Waals surface area contributed by atoms with E-state index in [9.17, 15) is 0 Å². The molecule has 2 nitrogen and oxygen atoms in total. The molecule has 0 amide bonds. The third-order valence-electron chi connectivity index (χ3n) is 3.05. The van der Waals surface area contributed by atoms with Gasteiger partial charge >= 0.3 is 0 Å². The molecule has 1 atom stereocenters. The minimum atomic E-state index is 0.320. The second-order valence-electron chi connectivity index (χ2n) is 4.35. The van der Waals surface area contributed by atoms with Crippen LogP contribution in [0.1, 0.15) is 30.5 Å². The minimum absolute atomic E-state index is 0.320. The second-order valence-corrected chi connectivity index (χ2v) is 5.26. The normalized spacial score (nSPS) is 12.2. The summed E-state index contributed by atoms with van der Waals surface area (Å²) in [6.45, 7) is 4.28. The first-order valence-electron chi connectivity index (χ1n) is 6.13. The number of halogens is 1. The standard InChI is InChI=1S/C15H17BrN2/c1-3-14(12-4-6-13(16)7-5-12)18-15-10-17-9-8-11(15)2/h4-10,14,18H,3H2,1-2H3. The fourth-order valence-corrected chi connectivity index (χ4v) is 2.18. The molecule has 0 saturated heterocycles. The van der Waals surface area contributed by atoms with E-state index in [0.29, 0.717) is 6.04 Å². The molecule has 0 aliphatic rings.